The zero-order chi connectivity index (χ0) is 18.5. The molecule has 26 heavy (non-hydrogen) atoms. The van der Waals surface area contributed by atoms with E-state index in [-0.39, 0.29) is 11.9 Å². The number of carbonyl (C=O) groups excluding carboxylic acids is 1. The van der Waals surface area contributed by atoms with E-state index in [9.17, 15) is 4.79 Å². The van der Waals surface area contributed by atoms with Gasteiger partial charge in [-0.1, -0.05) is 41.1 Å². The van der Waals surface area contributed by atoms with E-state index in [1.807, 2.05) is 24.3 Å². The highest BCUT2D eigenvalue weighted by Crippen LogP contribution is 2.26. The van der Waals surface area contributed by atoms with Crippen LogP contribution in [0.15, 0.2) is 46.9 Å². The largest absolute Gasteiger partial charge is 0.481 e. The Labute approximate surface area is 164 Å². The highest BCUT2D eigenvalue weighted by molar-refractivity contribution is 9.10. The van der Waals surface area contributed by atoms with Crippen molar-refractivity contribution in [1.29, 1.82) is 0 Å². The van der Waals surface area contributed by atoms with Crippen LogP contribution >= 0.6 is 15.9 Å². The highest BCUT2D eigenvalue weighted by Gasteiger charge is 2.20. The Balaban J connectivity index is 1.65. The Morgan fingerprint density at radius 2 is 1.81 bits per heavy atom. The molecule has 0 radical (unpaired) electrons. The van der Waals surface area contributed by atoms with Gasteiger partial charge in [-0.25, -0.2) is 0 Å². The van der Waals surface area contributed by atoms with E-state index >= 15 is 0 Å². The molecule has 1 aliphatic carbocycles. The molecule has 1 N–H and O–H groups in total. The Hall–Kier alpha value is -1.81. The number of hydrogen-bond acceptors (Lipinski definition) is 2. The minimum Gasteiger partial charge on any atom is -0.481 e. The van der Waals surface area contributed by atoms with Crippen molar-refractivity contribution in [1.82, 2.24) is 5.32 Å². The standard InChI is InChI=1S/C22H26BrNO2/c1-3-21(18-9-8-16-6-4-5-7-17(16)14-18)24-22(25)15(2)26-20-12-10-19(23)11-13-20/h8-15,21H,3-7H2,1-2H3,(H,24,25)/t15-,21+/m1/s1. The molecule has 1 amide bonds. The molecule has 2 aromatic carbocycles. The van der Waals surface area contributed by atoms with E-state index in [0.717, 1.165) is 17.3 Å². The summed E-state index contributed by atoms with van der Waals surface area (Å²) in [6.45, 7) is 3.89. The smallest absolute Gasteiger partial charge is 0.261 e. The second-order valence-corrected chi connectivity index (χ2v) is 7.83. The third-order valence-corrected chi connectivity index (χ3v) is 5.52. The Morgan fingerprint density at radius 3 is 2.50 bits per heavy atom. The maximum atomic E-state index is 12.6. The molecule has 2 aromatic rings. The quantitative estimate of drug-likeness (QED) is 0.688. The van der Waals surface area contributed by atoms with Crippen LogP contribution in [0.2, 0.25) is 0 Å². The van der Waals surface area contributed by atoms with Crippen LogP contribution in [0.25, 0.3) is 0 Å². The molecule has 0 fully saturated rings. The second-order valence-electron chi connectivity index (χ2n) is 6.92. The molecule has 138 valence electrons. The molecule has 0 aromatic heterocycles. The summed E-state index contributed by atoms with van der Waals surface area (Å²) in [6, 6.07) is 14.2. The van der Waals surface area contributed by atoms with Crippen LogP contribution in [0.4, 0.5) is 0 Å². The van der Waals surface area contributed by atoms with Gasteiger partial charge in [0.1, 0.15) is 5.75 Å². The van der Waals surface area contributed by atoms with E-state index in [2.05, 4.69) is 46.4 Å². The number of amides is 1. The normalized spacial score (nSPS) is 15.7. The van der Waals surface area contributed by atoms with E-state index < -0.39 is 6.10 Å². The maximum absolute atomic E-state index is 12.6. The first-order valence-corrected chi connectivity index (χ1v) is 10.2. The van der Waals surface area contributed by atoms with Gasteiger partial charge >= 0.3 is 0 Å². The van der Waals surface area contributed by atoms with Crippen LogP contribution in [0.1, 0.15) is 55.8 Å². The zero-order valence-electron chi connectivity index (χ0n) is 15.4. The molecule has 0 bridgehead atoms. The van der Waals surface area contributed by atoms with Crippen LogP contribution in [-0.2, 0) is 17.6 Å². The Bertz CT molecular complexity index is 757. The molecule has 0 saturated heterocycles. The van der Waals surface area contributed by atoms with E-state index in [1.165, 1.54) is 36.0 Å². The Kier molecular flexibility index (Phi) is 6.36. The third kappa shape index (κ3) is 4.67. The fraction of sp³-hybridized carbons (Fsp3) is 0.409. The summed E-state index contributed by atoms with van der Waals surface area (Å²) in [5.74, 6) is 0.607. The number of ether oxygens (including phenoxy) is 1. The molecule has 4 heteroatoms. The van der Waals surface area contributed by atoms with Gasteiger partial charge in [0.05, 0.1) is 6.04 Å². The average molecular weight is 416 g/mol. The van der Waals surface area contributed by atoms with Crippen molar-refractivity contribution in [2.24, 2.45) is 0 Å². The molecular weight excluding hydrogens is 390 g/mol. The fourth-order valence-electron chi connectivity index (χ4n) is 3.45. The summed E-state index contributed by atoms with van der Waals surface area (Å²) in [4.78, 5) is 12.6. The summed E-state index contributed by atoms with van der Waals surface area (Å²) in [6.07, 6.45) is 5.19. The third-order valence-electron chi connectivity index (χ3n) is 5.00. The SMILES string of the molecule is CC[C@H](NC(=O)[C@@H](C)Oc1ccc(Br)cc1)c1ccc2c(c1)CCCC2. The van der Waals surface area contributed by atoms with Crippen LogP contribution in [0.5, 0.6) is 5.75 Å². The fourth-order valence-corrected chi connectivity index (χ4v) is 3.72. The van der Waals surface area contributed by atoms with Crippen LogP contribution in [0.3, 0.4) is 0 Å². The second kappa shape index (κ2) is 8.72. The van der Waals surface area contributed by atoms with Crippen LogP contribution in [-0.4, -0.2) is 12.0 Å². The Morgan fingerprint density at radius 1 is 1.12 bits per heavy atom. The predicted octanol–water partition coefficient (Wildman–Crippen LogP) is 5.36. The average Bonchev–Trinajstić information content (AvgIpc) is 2.67. The maximum Gasteiger partial charge on any atom is 0.261 e. The first kappa shape index (κ1) is 19.0. The molecule has 3 nitrogen and oxygen atoms in total. The summed E-state index contributed by atoms with van der Waals surface area (Å²) in [5, 5.41) is 3.15. The topological polar surface area (TPSA) is 38.3 Å². The van der Waals surface area contributed by atoms with Crippen molar-refractivity contribution in [3.05, 3.63) is 63.6 Å². The number of rotatable bonds is 6. The predicted molar refractivity (Wildman–Crippen MR) is 108 cm³/mol. The van der Waals surface area contributed by atoms with E-state index in [1.54, 1.807) is 6.92 Å². The van der Waals surface area contributed by atoms with E-state index in [4.69, 9.17) is 4.74 Å². The zero-order valence-corrected chi connectivity index (χ0v) is 17.0. The van der Waals surface area contributed by atoms with Crippen molar-refractivity contribution >= 4 is 21.8 Å². The molecule has 0 aliphatic heterocycles. The van der Waals surface area contributed by atoms with Crippen molar-refractivity contribution in [2.45, 2.75) is 58.1 Å². The van der Waals surface area contributed by atoms with Gasteiger partial charge in [-0.2, -0.15) is 0 Å². The molecule has 2 atom stereocenters. The molecule has 3 rings (SSSR count). The number of halogens is 1. The number of nitrogens with one attached hydrogen (secondary N) is 1. The van der Waals surface area contributed by atoms with Gasteiger partial charge in [0.25, 0.3) is 5.91 Å². The minimum absolute atomic E-state index is 0.0192. The monoisotopic (exact) mass is 415 g/mol. The van der Waals surface area contributed by atoms with Gasteiger partial charge in [-0.05, 0) is 80.0 Å². The van der Waals surface area contributed by atoms with Crippen molar-refractivity contribution in [3.63, 3.8) is 0 Å². The summed E-state index contributed by atoms with van der Waals surface area (Å²) >= 11 is 3.40. The number of carbonyl (C=O) groups is 1. The van der Waals surface area contributed by atoms with Crippen LogP contribution in [0, 0.1) is 0 Å². The number of benzene rings is 2. The summed E-state index contributed by atoms with van der Waals surface area (Å²) in [7, 11) is 0. The summed E-state index contributed by atoms with van der Waals surface area (Å²) < 4.78 is 6.76. The minimum atomic E-state index is -0.539. The molecule has 0 spiro atoms. The van der Waals surface area contributed by atoms with Gasteiger partial charge in [0.2, 0.25) is 0 Å². The van der Waals surface area contributed by atoms with Gasteiger partial charge < -0.3 is 10.1 Å². The van der Waals surface area contributed by atoms with Gasteiger partial charge in [0, 0.05) is 4.47 Å². The first-order chi connectivity index (χ1) is 12.6. The lowest BCUT2D eigenvalue weighted by Gasteiger charge is -2.23. The van der Waals surface area contributed by atoms with Crippen molar-refractivity contribution in [2.75, 3.05) is 0 Å². The van der Waals surface area contributed by atoms with Gasteiger partial charge in [-0.3, -0.25) is 4.79 Å². The number of hydrogen-bond donors (Lipinski definition) is 1. The lowest BCUT2D eigenvalue weighted by molar-refractivity contribution is -0.128. The molecule has 0 unspecified atom stereocenters. The summed E-state index contributed by atoms with van der Waals surface area (Å²) in [5.41, 5.74) is 4.10. The molecule has 0 heterocycles. The molecule has 1 aliphatic rings. The molecule has 0 saturated carbocycles. The highest BCUT2D eigenvalue weighted by atomic mass is 79.9. The van der Waals surface area contributed by atoms with Crippen molar-refractivity contribution < 1.29 is 9.53 Å². The van der Waals surface area contributed by atoms with Gasteiger partial charge in [0.15, 0.2) is 6.10 Å². The van der Waals surface area contributed by atoms with Crippen molar-refractivity contribution in [3.8, 4) is 5.75 Å². The number of aryl methyl sites for hydroxylation is 2. The van der Waals surface area contributed by atoms with E-state index in [0.29, 0.717) is 5.75 Å². The lowest BCUT2D eigenvalue weighted by Crippen LogP contribution is -2.38. The van der Waals surface area contributed by atoms with Gasteiger partial charge in [-0.15, -0.1) is 0 Å². The van der Waals surface area contributed by atoms with Crippen LogP contribution < -0.4 is 10.1 Å². The number of fused-ring (bicyclic) bond motifs is 1. The lowest BCUT2D eigenvalue weighted by atomic mass is 9.89. The first-order valence-electron chi connectivity index (χ1n) is 9.41. The molecular formula is C22H26BrNO2.